The molecule has 0 atom stereocenters. The summed E-state index contributed by atoms with van der Waals surface area (Å²) in [7, 11) is 0. The first-order chi connectivity index (χ1) is 16.6. The Balaban J connectivity index is 1.61. The number of nitrogens with zero attached hydrogens (tertiary/aromatic N) is 6. The molecule has 0 bridgehead atoms. The zero-order valence-corrected chi connectivity index (χ0v) is 18.8. The molecule has 2 heterocycles. The number of hydrazone groups is 1. The molecule has 0 spiro atoms. The number of hydrogen-bond donors (Lipinski definition) is 2. The lowest BCUT2D eigenvalue weighted by molar-refractivity contribution is 0.0950. The second-order valence-corrected chi connectivity index (χ2v) is 7.41. The third-order valence-corrected chi connectivity index (χ3v) is 4.97. The zero-order chi connectivity index (χ0) is 23.9. The number of nitrogens with one attached hydrogen (secondary N) is 1. The highest BCUT2D eigenvalue weighted by atomic mass is 16.6. The van der Waals surface area contributed by atoms with Crippen LogP contribution in [-0.2, 0) is 6.42 Å². The first kappa shape index (κ1) is 22.6. The summed E-state index contributed by atoms with van der Waals surface area (Å²) in [5.74, 6) is 0.219. The molecule has 0 saturated carbocycles. The second kappa shape index (κ2) is 10.4. The molecule has 11 heteroatoms. The topological polar surface area (TPSA) is 146 Å². The van der Waals surface area contributed by atoms with Crippen molar-refractivity contribution >= 4 is 17.4 Å². The minimum atomic E-state index is -0.530. The van der Waals surface area contributed by atoms with Crippen molar-refractivity contribution < 1.29 is 14.2 Å². The molecule has 11 nitrogen and oxygen atoms in total. The summed E-state index contributed by atoms with van der Waals surface area (Å²) in [4.78, 5) is 13.0. The molecule has 174 valence electrons. The van der Waals surface area contributed by atoms with Crippen molar-refractivity contribution in [3.05, 3.63) is 65.9 Å². The fourth-order valence-electron chi connectivity index (χ4n) is 3.30. The summed E-state index contributed by atoms with van der Waals surface area (Å²) in [6, 6.07) is 17.2. The molecule has 1 amide bonds. The highest BCUT2D eigenvalue weighted by Crippen LogP contribution is 2.29. The molecule has 0 aliphatic heterocycles. The summed E-state index contributed by atoms with van der Waals surface area (Å²) in [6.45, 7) is 4.23. The fraction of sp³-hybridized carbons (Fsp3) is 0.217. The predicted molar refractivity (Wildman–Crippen MR) is 126 cm³/mol. The van der Waals surface area contributed by atoms with Crippen LogP contribution >= 0.6 is 0 Å². The van der Waals surface area contributed by atoms with Gasteiger partial charge in [0, 0.05) is 11.3 Å². The number of nitrogens with two attached hydrogens (primary N) is 1. The van der Waals surface area contributed by atoms with Crippen molar-refractivity contribution in [3.8, 4) is 22.8 Å². The molecule has 2 aromatic carbocycles. The Labute approximate surface area is 195 Å². The predicted octanol–water partition coefficient (Wildman–Crippen LogP) is 3.04. The summed E-state index contributed by atoms with van der Waals surface area (Å²) >= 11 is 0. The summed E-state index contributed by atoms with van der Waals surface area (Å²) in [5.41, 5.74) is 11.4. The fourth-order valence-corrected chi connectivity index (χ4v) is 3.30. The van der Waals surface area contributed by atoms with Crippen LogP contribution in [0.1, 0.15) is 36.3 Å². The molecule has 3 N–H and O–H groups in total. The number of anilines is 1. The Morgan fingerprint density at radius 1 is 1.18 bits per heavy atom. The van der Waals surface area contributed by atoms with Crippen molar-refractivity contribution in [2.45, 2.75) is 26.7 Å². The van der Waals surface area contributed by atoms with Gasteiger partial charge < -0.3 is 10.5 Å². The van der Waals surface area contributed by atoms with E-state index in [-0.39, 0.29) is 17.3 Å². The standard InChI is InChI=1S/C23H24N8O3/c1-3-33-18-11-7-10-17(14-18)20-19(26-30-31(20)22-21(24)28-34-29-22)23(32)27-25-15(2)12-13-16-8-5-4-6-9-16/h4-11,14H,3,12-13H2,1-2H3,(H2,24,28)(H,27,32)/b25-15+. The molecule has 0 fully saturated rings. The summed E-state index contributed by atoms with van der Waals surface area (Å²) in [6.07, 6.45) is 1.51. The van der Waals surface area contributed by atoms with Crippen LogP contribution in [0.3, 0.4) is 0 Å². The average Bonchev–Trinajstić information content (AvgIpc) is 3.48. The molecule has 4 aromatic rings. The quantitative estimate of drug-likeness (QED) is 0.286. The van der Waals surface area contributed by atoms with Crippen molar-refractivity contribution in [2.75, 3.05) is 12.3 Å². The van der Waals surface area contributed by atoms with E-state index in [0.29, 0.717) is 30.0 Å². The van der Waals surface area contributed by atoms with Crippen LogP contribution in [0.5, 0.6) is 5.75 Å². The number of aromatic nitrogens is 5. The monoisotopic (exact) mass is 460 g/mol. The highest BCUT2D eigenvalue weighted by Gasteiger charge is 2.25. The first-order valence-corrected chi connectivity index (χ1v) is 10.7. The molecule has 0 radical (unpaired) electrons. The third-order valence-electron chi connectivity index (χ3n) is 4.97. The van der Waals surface area contributed by atoms with Gasteiger partial charge in [-0.25, -0.2) is 10.1 Å². The van der Waals surface area contributed by atoms with Crippen LogP contribution in [0.2, 0.25) is 0 Å². The molecule has 0 aliphatic carbocycles. The molecule has 4 rings (SSSR count). The average molecular weight is 460 g/mol. The van der Waals surface area contributed by atoms with Gasteiger partial charge in [-0.15, -0.1) is 5.10 Å². The van der Waals surface area contributed by atoms with E-state index < -0.39 is 5.91 Å². The normalized spacial score (nSPS) is 11.4. The van der Waals surface area contributed by atoms with E-state index in [2.05, 4.69) is 43.3 Å². The van der Waals surface area contributed by atoms with E-state index in [4.69, 9.17) is 15.1 Å². The number of amides is 1. The Morgan fingerprint density at radius 2 is 2.00 bits per heavy atom. The first-order valence-electron chi connectivity index (χ1n) is 10.7. The van der Waals surface area contributed by atoms with Gasteiger partial charge in [0.15, 0.2) is 5.69 Å². The van der Waals surface area contributed by atoms with E-state index in [9.17, 15) is 4.79 Å². The van der Waals surface area contributed by atoms with Gasteiger partial charge in [-0.2, -0.15) is 9.78 Å². The molecule has 0 saturated heterocycles. The lowest BCUT2D eigenvalue weighted by Gasteiger charge is -2.08. The van der Waals surface area contributed by atoms with Crippen LogP contribution in [0.4, 0.5) is 5.82 Å². The summed E-state index contributed by atoms with van der Waals surface area (Å²) < 4.78 is 11.6. The number of carbonyl (C=O) groups excluding carboxylic acids is 1. The lowest BCUT2D eigenvalue weighted by atomic mass is 10.1. The van der Waals surface area contributed by atoms with Gasteiger partial charge in [-0.3, -0.25) is 4.79 Å². The van der Waals surface area contributed by atoms with Crippen LogP contribution in [0.15, 0.2) is 64.3 Å². The van der Waals surface area contributed by atoms with E-state index in [1.54, 1.807) is 18.2 Å². The number of hydrogen-bond acceptors (Lipinski definition) is 9. The maximum atomic E-state index is 13.0. The minimum absolute atomic E-state index is 0.00819. The van der Waals surface area contributed by atoms with Gasteiger partial charge in [0.25, 0.3) is 5.91 Å². The molecular formula is C23H24N8O3. The zero-order valence-electron chi connectivity index (χ0n) is 18.8. The number of benzene rings is 2. The van der Waals surface area contributed by atoms with Gasteiger partial charge in [0.2, 0.25) is 11.6 Å². The van der Waals surface area contributed by atoms with Gasteiger partial charge in [-0.05, 0) is 54.7 Å². The van der Waals surface area contributed by atoms with E-state index in [0.717, 1.165) is 12.1 Å². The van der Waals surface area contributed by atoms with Gasteiger partial charge >= 0.3 is 0 Å². The van der Waals surface area contributed by atoms with Crippen molar-refractivity contribution in [1.29, 1.82) is 0 Å². The Bertz CT molecular complexity index is 1300. The van der Waals surface area contributed by atoms with Gasteiger partial charge in [0.05, 0.1) is 6.61 Å². The van der Waals surface area contributed by atoms with Crippen molar-refractivity contribution in [3.63, 3.8) is 0 Å². The Kier molecular flexibility index (Phi) is 6.92. The molecular weight excluding hydrogens is 436 g/mol. The van der Waals surface area contributed by atoms with E-state index in [1.807, 2.05) is 38.1 Å². The SMILES string of the molecule is CCOc1cccc(-c2c(C(=O)N/N=C(\C)CCc3ccccc3)nnn2-c2nonc2N)c1. The second-order valence-electron chi connectivity index (χ2n) is 7.41. The molecule has 0 aliphatic rings. The highest BCUT2D eigenvalue weighted by molar-refractivity contribution is 5.99. The van der Waals surface area contributed by atoms with Crippen LogP contribution < -0.4 is 15.9 Å². The lowest BCUT2D eigenvalue weighted by Crippen LogP contribution is -2.20. The minimum Gasteiger partial charge on any atom is -0.494 e. The van der Waals surface area contributed by atoms with Crippen molar-refractivity contribution in [1.82, 2.24) is 30.7 Å². The maximum Gasteiger partial charge on any atom is 0.294 e. The number of aryl methyl sites for hydroxylation is 1. The Hall–Kier alpha value is -4.54. The Morgan fingerprint density at radius 3 is 2.74 bits per heavy atom. The van der Waals surface area contributed by atoms with Gasteiger partial charge in [-0.1, -0.05) is 47.7 Å². The number of ether oxygens (including phenoxy) is 1. The van der Waals surface area contributed by atoms with Crippen molar-refractivity contribution in [2.24, 2.45) is 5.10 Å². The molecule has 2 aromatic heterocycles. The third kappa shape index (κ3) is 5.09. The summed E-state index contributed by atoms with van der Waals surface area (Å²) in [5, 5.41) is 19.7. The largest absolute Gasteiger partial charge is 0.494 e. The molecule has 0 unspecified atom stereocenters. The molecule has 34 heavy (non-hydrogen) atoms. The smallest absolute Gasteiger partial charge is 0.294 e. The van der Waals surface area contributed by atoms with E-state index >= 15 is 0 Å². The van der Waals surface area contributed by atoms with E-state index in [1.165, 1.54) is 10.2 Å². The van der Waals surface area contributed by atoms with Gasteiger partial charge in [0.1, 0.15) is 11.4 Å². The van der Waals surface area contributed by atoms with Crippen LogP contribution in [0, 0.1) is 0 Å². The van der Waals surface area contributed by atoms with Crippen LogP contribution in [0.25, 0.3) is 17.1 Å². The number of rotatable bonds is 9. The van der Waals surface area contributed by atoms with Crippen LogP contribution in [-0.4, -0.2) is 43.5 Å². The number of carbonyl (C=O) groups is 1. The number of nitrogen functional groups attached to an aromatic ring is 1. The maximum absolute atomic E-state index is 13.0.